The molecule has 1 fully saturated rings. The van der Waals surface area contributed by atoms with E-state index in [9.17, 15) is 14.0 Å². The highest BCUT2D eigenvalue weighted by Gasteiger charge is 2.28. The van der Waals surface area contributed by atoms with Gasteiger partial charge < -0.3 is 10.6 Å². The number of halogens is 1. The van der Waals surface area contributed by atoms with E-state index in [-0.39, 0.29) is 30.1 Å². The molecular formula is C15H20FN3O2. The minimum Gasteiger partial charge on any atom is -0.356 e. The van der Waals surface area contributed by atoms with Crippen LogP contribution in [-0.2, 0) is 9.59 Å². The predicted octanol–water partition coefficient (Wildman–Crippen LogP) is 1.22. The van der Waals surface area contributed by atoms with Crippen molar-refractivity contribution in [2.45, 2.75) is 13.3 Å². The summed E-state index contributed by atoms with van der Waals surface area (Å²) in [6.07, 6.45) is 0.773. The molecule has 0 unspecified atom stereocenters. The van der Waals surface area contributed by atoms with Gasteiger partial charge in [0.2, 0.25) is 11.8 Å². The summed E-state index contributed by atoms with van der Waals surface area (Å²) < 4.78 is 12.8. The first-order valence-corrected chi connectivity index (χ1v) is 7.14. The minimum atomic E-state index is -0.336. The van der Waals surface area contributed by atoms with Crippen LogP contribution in [0.5, 0.6) is 0 Å². The molecule has 2 amide bonds. The van der Waals surface area contributed by atoms with Crippen molar-refractivity contribution in [3.8, 4) is 0 Å². The number of nitrogens with one attached hydrogen (secondary N) is 2. The summed E-state index contributed by atoms with van der Waals surface area (Å²) in [7, 11) is 0. The monoisotopic (exact) mass is 293 g/mol. The van der Waals surface area contributed by atoms with Gasteiger partial charge in [-0.3, -0.25) is 14.5 Å². The van der Waals surface area contributed by atoms with Gasteiger partial charge in [-0.1, -0.05) is 0 Å². The lowest BCUT2D eigenvalue weighted by Gasteiger charge is -2.15. The summed E-state index contributed by atoms with van der Waals surface area (Å²) in [5.41, 5.74) is 0.570. The van der Waals surface area contributed by atoms with Gasteiger partial charge in [0.15, 0.2) is 0 Å². The molecule has 0 saturated carbocycles. The molecule has 21 heavy (non-hydrogen) atoms. The quantitative estimate of drug-likeness (QED) is 0.858. The van der Waals surface area contributed by atoms with E-state index in [2.05, 4.69) is 10.6 Å². The molecule has 1 atom stereocenters. The van der Waals surface area contributed by atoms with Crippen molar-refractivity contribution in [2.24, 2.45) is 5.92 Å². The smallest absolute Gasteiger partial charge is 0.238 e. The van der Waals surface area contributed by atoms with Crippen LogP contribution in [-0.4, -0.2) is 42.9 Å². The first kappa shape index (κ1) is 15.4. The van der Waals surface area contributed by atoms with E-state index in [0.29, 0.717) is 18.8 Å². The van der Waals surface area contributed by atoms with E-state index in [4.69, 9.17) is 0 Å². The zero-order valence-corrected chi connectivity index (χ0v) is 12.1. The van der Waals surface area contributed by atoms with E-state index in [1.165, 1.54) is 24.3 Å². The van der Waals surface area contributed by atoms with Gasteiger partial charge in [0.05, 0.1) is 12.5 Å². The van der Waals surface area contributed by atoms with Crippen LogP contribution < -0.4 is 10.6 Å². The molecule has 114 valence electrons. The van der Waals surface area contributed by atoms with E-state index >= 15 is 0 Å². The molecule has 6 heteroatoms. The number of carbonyl (C=O) groups excluding carboxylic acids is 2. The van der Waals surface area contributed by atoms with Crippen LogP contribution in [0.25, 0.3) is 0 Å². The predicted molar refractivity (Wildman–Crippen MR) is 78.3 cm³/mol. The van der Waals surface area contributed by atoms with Crippen LogP contribution in [0.4, 0.5) is 10.1 Å². The Hall–Kier alpha value is -1.95. The molecule has 0 aliphatic carbocycles. The van der Waals surface area contributed by atoms with Gasteiger partial charge in [-0.15, -0.1) is 0 Å². The molecule has 0 bridgehead atoms. The van der Waals surface area contributed by atoms with Gasteiger partial charge >= 0.3 is 0 Å². The second-order valence-electron chi connectivity index (χ2n) is 5.17. The Morgan fingerprint density at radius 1 is 1.33 bits per heavy atom. The van der Waals surface area contributed by atoms with Crippen molar-refractivity contribution < 1.29 is 14.0 Å². The van der Waals surface area contributed by atoms with Crippen LogP contribution in [0.3, 0.4) is 0 Å². The summed E-state index contributed by atoms with van der Waals surface area (Å²) in [6.45, 7) is 4.09. The summed E-state index contributed by atoms with van der Waals surface area (Å²) in [5, 5.41) is 5.52. The van der Waals surface area contributed by atoms with Gasteiger partial charge in [0.25, 0.3) is 0 Å². The molecule has 2 N–H and O–H groups in total. The Bertz CT molecular complexity index is 504. The fraction of sp³-hybridized carbons (Fsp3) is 0.467. The third-order valence-electron chi connectivity index (χ3n) is 3.49. The lowest BCUT2D eigenvalue weighted by atomic mass is 10.1. The first-order chi connectivity index (χ1) is 10.1. The lowest BCUT2D eigenvalue weighted by Crippen LogP contribution is -2.35. The van der Waals surface area contributed by atoms with Crippen molar-refractivity contribution >= 4 is 17.5 Å². The molecule has 1 aromatic carbocycles. The molecule has 1 heterocycles. The number of hydrogen-bond donors (Lipinski definition) is 2. The highest BCUT2D eigenvalue weighted by atomic mass is 19.1. The van der Waals surface area contributed by atoms with Crippen LogP contribution in [0.1, 0.15) is 13.3 Å². The highest BCUT2D eigenvalue weighted by Crippen LogP contribution is 2.16. The Balaban J connectivity index is 1.78. The zero-order valence-electron chi connectivity index (χ0n) is 12.1. The summed E-state index contributed by atoms with van der Waals surface area (Å²) in [6, 6.07) is 5.65. The van der Waals surface area contributed by atoms with E-state index in [1.54, 1.807) is 0 Å². The molecule has 1 aliphatic heterocycles. The normalized spacial score (nSPS) is 18.5. The number of nitrogens with zero attached hydrogens (tertiary/aromatic N) is 1. The molecule has 2 rings (SSSR count). The third kappa shape index (κ3) is 4.53. The third-order valence-corrected chi connectivity index (χ3v) is 3.49. The Morgan fingerprint density at radius 2 is 2.05 bits per heavy atom. The summed E-state index contributed by atoms with van der Waals surface area (Å²) in [4.78, 5) is 25.6. The maximum atomic E-state index is 12.8. The topological polar surface area (TPSA) is 61.4 Å². The standard InChI is InChI=1S/C15H20FN3O2/c1-2-17-15(21)11-7-8-19(9-11)10-14(20)18-13-5-3-12(16)4-6-13/h3-6,11H,2,7-10H2,1H3,(H,17,21)(H,18,20)/t11-/m1/s1. The van der Waals surface area contributed by atoms with Gasteiger partial charge in [-0.2, -0.15) is 0 Å². The van der Waals surface area contributed by atoms with Crippen molar-refractivity contribution in [1.82, 2.24) is 10.2 Å². The molecule has 5 nitrogen and oxygen atoms in total. The fourth-order valence-electron chi connectivity index (χ4n) is 2.45. The SMILES string of the molecule is CCNC(=O)[C@@H]1CCN(CC(=O)Nc2ccc(F)cc2)C1. The van der Waals surface area contributed by atoms with E-state index < -0.39 is 0 Å². The Kier molecular flexibility index (Phi) is 5.27. The van der Waals surface area contributed by atoms with Crippen molar-refractivity contribution in [1.29, 1.82) is 0 Å². The average Bonchev–Trinajstić information content (AvgIpc) is 2.90. The number of carbonyl (C=O) groups is 2. The van der Waals surface area contributed by atoms with Gasteiger partial charge in [-0.25, -0.2) is 4.39 Å². The number of likely N-dealkylation sites (tertiary alicyclic amines) is 1. The highest BCUT2D eigenvalue weighted by molar-refractivity contribution is 5.92. The number of hydrogen-bond acceptors (Lipinski definition) is 3. The van der Waals surface area contributed by atoms with Crippen LogP contribution in [0.2, 0.25) is 0 Å². The fourth-order valence-corrected chi connectivity index (χ4v) is 2.45. The van der Waals surface area contributed by atoms with E-state index in [1.807, 2.05) is 11.8 Å². The van der Waals surface area contributed by atoms with Gasteiger partial charge in [-0.05, 0) is 44.2 Å². The van der Waals surface area contributed by atoms with Crippen molar-refractivity contribution in [3.63, 3.8) is 0 Å². The Morgan fingerprint density at radius 3 is 2.71 bits per heavy atom. The van der Waals surface area contributed by atoms with Crippen LogP contribution in [0.15, 0.2) is 24.3 Å². The molecular weight excluding hydrogens is 273 g/mol. The molecule has 1 aliphatic rings. The molecule has 0 spiro atoms. The maximum absolute atomic E-state index is 12.8. The average molecular weight is 293 g/mol. The van der Waals surface area contributed by atoms with Crippen LogP contribution in [0, 0.1) is 11.7 Å². The number of anilines is 1. The lowest BCUT2D eigenvalue weighted by molar-refractivity contribution is -0.125. The Labute approximate surface area is 123 Å². The summed E-state index contributed by atoms with van der Waals surface area (Å²) >= 11 is 0. The number of benzene rings is 1. The number of amides is 2. The largest absolute Gasteiger partial charge is 0.356 e. The van der Waals surface area contributed by atoms with Gasteiger partial charge in [0.1, 0.15) is 5.82 Å². The number of rotatable bonds is 5. The molecule has 1 aromatic rings. The van der Waals surface area contributed by atoms with Crippen molar-refractivity contribution in [2.75, 3.05) is 31.5 Å². The van der Waals surface area contributed by atoms with E-state index in [0.717, 1.165) is 13.0 Å². The van der Waals surface area contributed by atoms with Gasteiger partial charge in [0, 0.05) is 18.8 Å². The maximum Gasteiger partial charge on any atom is 0.238 e. The zero-order chi connectivity index (χ0) is 15.2. The van der Waals surface area contributed by atoms with Crippen molar-refractivity contribution in [3.05, 3.63) is 30.1 Å². The van der Waals surface area contributed by atoms with Crippen LogP contribution >= 0.6 is 0 Å². The second kappa shape index (κ2) is 7.17. The second-order valence-corrected chi connectivity index (χ2v) is 5.17. The minimum absolute atomic E-state index is 0.0384. The summed E-state index contributed by atoms with van der Waals surface area (Å²) in [5.74, 6) is -0.474. The molecule has 0 radical (unpaired) electrons. The first-order valence-electron chi connectivity index (χ1n) is 7.14. The molecule has 0 aromatic heterocycles. The molecule has 1 saturated heterocycles.